The Morgan fingerprint density at radius 3 is 1.91 bits per heavy atom. The van der Waals surface area contributed by atoms with Gasteiger partial charge in [0, 0.05) is 17.8 Å². The Labute approximate surface area is 129 Å². The zero-order valence-electron chi connectivity index (χ0n) is 12.0. The maximum atomic E-state index is 9.74. The number of phenols is 2. The summed E-state index contributed by atoms with van der Waals surface area (Å²) in [5, 5.41) is 22.4. The Kier molecular flexibility index (Phi) is 3.97. The molecule has 22 heavy (non-hydrogen) atoms. The predicted octanol–water partition coefficient (Wildman–Crippen LogP) is 4.38. The van der Waals surface area contributed by atoms with Crippen LogP contribution in [0.4, 0.5) is 5.69 Å². The molecule has 0 radical (unpaired) electrons. The van der Waals surface area contributed by atoms with Gasteiger partial charge in [-0.2, -0.15) is 0 Å². The number of para-hydroxylation sites is 1. The Hall–Kier alpha value is -2.94. The molecule has 0 atom stereocenters. The van der Waals surface area contributed by atoms with Crippen molar-refractivity contribution in [1.82, 2.24) is 0 Å². The topological polar surface area (TPSA) is 52.5 Å². The molecule has 110 valence electrons. The fourth-order valence-corrected chi connectivity index (χ4v) is 2.29. The lowest BCUT2D eigenvalue weighted by molar-refractivity contribution is 0.469. The van der Waals surface area contributed by atoms with Gasteiger partial charge in [0.1, 0.15) is 11.5 Å². The second-order valence-corrected chi connectivity index (χ2v) is 5.11. The van der Waals surface area contributed by atoms with E-state index in [2.05, 4.69) is 5.32 Å². The molecule has 0 saturated carbocycles. The van der Waals surface area contributed by atoms with Crippen molar-refractivity contribution >= 4 is 5.69 Å². The van der Waals surface area contributed by atoms with Gasteiger partial charge in [-0.1, -0.05) is 42.5 Å². The number of hydrogen-bond donors (Lipinski definition) is 3. The van der Waals surface area contributed by atoms with Crippen LogP contribution in [0.15, 0.2) is 72.8 Å². The molecule has 0 aliphatic rings. The van der Waals surface area contributed by atoms with E-state index in [-0.39, 0.29) is 5.75 Å². The molecular formula is C19H17NO2. The minimum Gasteiger partial charge on any atom is -0.508 e. The number of anilines is 1. The fraction of sp³-hybridized carbons (Fsp3) is 0.0526. The molecule has 0 bridgehead atoms. The van der Waals surface area contributed by atoms with E-state index in [1.165, 1.54) is 0 Å². The van der Waals surface area contributed by atoms with Gasteiger partial charge in [-0.25, -0.2) is 0 Å². The van der Waals surface area contributed by atoms with Crippen LogP contribution in [0.1, 0.15) is 5.56 Å². The largest absolute Gasteiger partial charge is 0.508 e. The normalized spacial score (nSPS) is 10.4. The highest BCUT2D eigenvalue weighted by atomic mass is 16.3. The van der Waals surface area contributed by atoms with Gasteiger partial charge < -0.3 is 15.5 Å². The first-order valence-electron chi connectivity index (χ1n) is 7.12. The second-order valence-electron chi connectivity index (χ2n) is 5.11. The Balaban J connectivity index is 1.69. The van der Waals surface area contributed by atoms with E-state index in [4.69, 9.17) is 0 Å². The van der Waals surface area contributed by atoms with Crippen LogP contribution in [0, 0.1) is 0 Å². The van der Waals surface area contributed by atoms with Gasteiger partial charge in [0.25, 0.3) is 0 Å². The Bertz CT molecular complexity index is 749. The first kappa shape index (κ1) is 14.0. The Morgan fingerprint density at radius 2 is 1.27 bits per heavy atom. The highest BCUT2D eigenvalue weighted by Gasteiger charge is 2.01. The molecule has 0 aliphatic carbocycles. The third-order valence-electron chi connectivity index (χ3n) is 3.56. The van der Waals surface area contributed by atoms with E-state index >= 15 is 0 Å². The molecule has 0 aliphatic heterocycles. The first-order valence-corrected chi connectivity index (χ1v) is 7.12. The van der Waals surface area contributed by atoms with E-state index in [0.717, 1.165) is 22.4 Å². The molecule has 0 saturated heterocycles. The lowest BCUT2D eigenvalue weighted by Crippen LogP contribution is -1.99. The van der Waals surface area contributed by atoms with E-state index < -0.39 is 0 Å². The van der Waals surface area contributed by atoms with E-state index in [1.807, 2.05) is 54.6 Å². The van der Waals surface area contributed by atoms with Crippen LogP contribution in [0.3, 0.4) is 0 Å². The number of phenolic OH excluding ortho intramolecular Hbond substituents is 2. The first-order chi connectivity index (χ1) is 10.7. The van der Waals surface area contributed by atoms with Crippen LogP contribution in [-0.2, 0) is 6.54 Å². The molecule has 3 nitrogen and oxygen atoms in total. The molecule has 0 amide bonds. The highest BCUT2D eigenvalue weighted by molar-refractivity contribution is 5.66. The lowest BCUT2D eigenvalue weighted by Gasteiger charge is -2.09. The van der Waals surface area contributed by atoms with Crippen LogP contribution in [-0.4, -0.2) is 10.2 Å². The summed E-state index contributed by atoms with van der Waals surface area (Å²) >= 11 is 0. The smallest absolute Gasteiger partial charge is 0.120 e. The molecule has 3 heteroatoms. The molecule has 3 rings (SSSR count). The van der Waals surface area contributed by atoms with Crippen LogP contribution in [0.25, 0.3) is 11.1 Å². The summed E-state index contributed by atoms with van der Waals surface area (Å²) in [4.78, 5) is 0. The summed E-state index contributed by atoms with van der Waals surface area (Å²) in [7, 11) is 0. The monoisotopic (exact) mass is 291 g/mol. The van der Waals surface area contributed by atoms with Crippen LogP contribution in [0.5, 0.6) is 11.5 Å². The van der Waals surface area contributed by atoms with E-state index in [9.17, 15) is 10.2 Å². The number of nitrogens with one attached hydrogen (secondary N) is 1. The standard InChI is InChI=1S/C19H17NO2/c21-18-11-7-15(8-12-18)14-5-9-17(10-6-14)20-13-16-3-1-2-4-19(16)22/h1-12,20-22H,13H2. The third-order valence-corrected chi connectivity index (χ3v) is 3.56. The molecule has 3 N–H and O–H groups in total. The van der Waals surface area contributed by atoms with Crippen molar-refractivity contribution in [2.24, 2.45) is 0 Å². The molecule has 3 aromatic rings. The zero-order valence-corrected chi connectivity index (χ0v) is 12.0. The molecule has 3 aromatic carbocycles. The third kappa shape index (κ3) is 3.20. The summed E-state index contributed by atoms with van der Waals surface area (Å²) < 4.78 is 0. The van der Waals surface area contributed by atoms with Crippen LogP contribution < -0.4 is 5.32 Å². The van der Waals surface area contributed by atoms with Crippen molar-refractivity contribution in [3.63, 3.8) is 0 Å². The quantitative estimate of drug-likeness (QED) is 0.668. The van der Waals surface area contributed by atoms with Crippen LogP contribution in [0.2, 0.25) is 0 Å². The average molecular weight is 291 g/mol. The summed E-state index contributed by atoms with van der Waals surface area (Å²) in [6, 6.07) is 22.5. The SMILES string of the molecule is Oc1ccc(-c2ccc(NCc3ccccc3O)cc2)cc1. The highest BCUT2D eigenvalue weighted by Crippen LogP contribution is 2.24. The van der Waals surface area contributed by atoms with Gasteiger partial charge in [0.2, 0.25) is 0 Å². The van der Waals surface area contributed by atoms with E-state index in [1.54, 1.807) is 18.2 Å². The van der Waals surface area contributed by atoms with E-state index in [0.29, 0.717) is 12.3 Å². The van der Waals surface area contributed by atoms with Crippen LogP contribution >= 0.6 is 0 Å². The average Bonchev–Trinajstić information content (AvgIpc) is 2.55. The maximum absolute atomic E-state index is 9.74. The molecule has 0 unspecified atom stereocenters. The molecule has 0 spiro atoms. The summed E-state index contributed by atoms with van der Waals surface area (Å²) in [6.45, 7) is 0.575. The zero-order chi connectivity index (χ0) is 15.4. The van der Waals surface area contributed by atoms with Gasteiger partial charge >= 0.3 is 0 Å². The lowest BCUT2D eigenvalue weighted by atomic mass is 10.1. The van der Waals surface area contributed by atoms with Crippen molar-refractivity contribution < 1.29 is 10.2 Å². The van der Waals surface area contributed by atoms with Gasteiger partial charge in [0.15, 0.2) is 0 Å². The van der Waals surface area contributed by atoms with Crippen molar-refractivity contribution in [3.05, 3.63) is 78.4 Å². The van der Waals surface area contributed by atoms with Gasteiger partial charge in [-0.3, -0.25) is 0 Å². The summed E-state index contributed by atoms with van der Waals surface area (Å²) in [5.41, 5.74) is 4.01. The summed E-state index contributed by atoms with van der Waals surface area (Å²) in [6.07, 6.45) is 0. The maximum Gasteiger partial charge on any atom is 0.120 e. The van der Waals surface area contributed by atoms with Gasteiger partial charge in [0.05, 0.1) is 0 Å². The van der Waals surface area contributed by atoms with Crippen molar-refractivity contribution in [2.45, 2.75) is 6.54 Å². The van der Waals surface area contributed by atoms with Gasteiger partial charge in [-0.05, 0) is 41.5 Å². The molecular weight excluding hydrogens is 274 g/mol. The molecule has 0 heterocycles. The van der Waals surface area contributed by atoms with Crippen molar-refractivity contribution in [1.29, 1.82) is 0 Å². The fourth-order valence-electron chi connectivity index (χ4n) is 2.29. The molecule has 0 fully saturated rings. The summed E-state index contributed by atoms with van der Waals surface area (Å²) in [5.74, 6) is 0.570. The van der Waals surface area contributed by atoms with Crippen molar-refractivity contribution in [2.75, 3.05) is 5.32 Å². The number of benzene rings is 3. The van der Waals surface area contributed by atoms with Crippen molar-refractivity contribution in [3.8, 4) is 22.6 Å². The second kappa shape index (κ2) is 6.22. The molecule has 0 aromatic heterocycles. The van der Waals surface area contributed by atoms with Gasteiger partial charge in [-0.15, -0.1) is 0 Å². The number of hydrogen-bond acceptors (Lipinski definition) is 3. The number of aromatic hydroxyl groups is 2. The number of rotatable bonds is 4. The minimum atomic E-state index is 0.268. The Morgan fingerprint density at radius 1 is 0.682 bits per heavy atom. The predicted molar refractivity (Wildman–Crippen MR) is 89.0 cm³/mol. The minimum absolute atomic E-state index is 0.268.